The lowest BCUT2D eigenvalue weighted by atomic mass is 10.1. The second-order valence-corrected chi connectivity index (χ2v) is 9.46. The average Bonchev–Trinajstić information content (AvgIpc) is 3.21. The van der Waals surface area contributed by atoms with Crippen molar-refractivity contribution in [2.24, 2.45) is 0 Å². The van der Waals surface area contributed by atoms with Crippen molar-refractivity contribution < 1.29 is 13.2 Å². The van der Waals surface area contributed by atoms with Gasteiger partial charge in [-0.3, -0.25) is 9.52 Å². The van der Waals surface area contributed by atoms with E-state index < -0.39 is 10.0 Å². The average molecular weight is 449 g/mol. The lowest BCUT2D eigenvalue weighted by molar-refractivity contribution is 0.0951. The number of carbonyl (C=O) groups is 1. The Hall–Kier alpha value is -3.65. The molecule has 0 atom stereocenters. The molecule has 2 N–H and O–H groups in total. The van der Waals surface area contributed by atoms with Crippen LogP contribution in [0.1, 0.15) is 28.4 Å². The van der Waals surface area contributed by atoms with Crippen molar-refractivity contribution in [3.63, 3.8) is 0 Å². The number of carbonyl (C=O) groups excluding carboxylic acids is 1. The minimum Gasteiger partial charge on any atom is -0.348 e. The summed E-state index contributed by atoms with van der Waals surface area (Å²) in [4.78, 5) is 16.9. The van der Waals surface area contributed by atoms with Gasteiger partial charge in [0, 0.05) is 24.3 Å². The molecule has 0 aliphatic rings. The predicted octanol–water partition coefficient (Wildman–Crippen LogP) is 3.78. The van der Waals surface area contributed by atoms with Gasteiger partial charge in [0.05, 0.1) is 23.1 Å². The van der Waals surface area contributed by atoms with Crippen molar-refractivity contribution in [2.75, 3.05) is 10.5 Å². The lowest BCUT2D eigenvalue weighted by Crippen LogP contribution is -2.23. The number of aromatic nitrogens is 2. The molecule has 4 aromatic rings. The van der Waals surface area contributed by atoms with Crippen LogP contribution in [0.25, 0.3) is 11.0 Å². The van der Waals surface area contributed by atoms with Gasteiger partial charge in [-0.25, -0.2) is 13.4 Å². The van der Waals surface area contributed by atoms with E-state index in [1.165, 1.54) is 6.07 Å². The highest BCUT2D eigenvalue weighted by Gasteiger charge is 2.10. The van der Waals surface area contributed by atoms with Crippen LogP contribution in [0, 0.1) is 0 Å². The Kier molecular flexibility index (Phi) is 6.23. The number of rotatable bonds is 8. The Labute approximate surface area is 187 Å². The number of amides is 1. The van der Waals surface area contributed by atoms with E-state index in [1.54, 1.807) is 25.1 Å². The Morgan fingerprint density at radius 3 is 2.50 bits per heavy atom. The molecule has 32 heavy (non-hydrogen) atoms. The molecule has 0 saturated carbocycles. The summed E-state index contributed by atoms with van der Waals surface area (Å²) in [5, 5.41) is 2.88. The summed E-state index contributed by atoms with van der Waals surface area (Å²) in [7, 11) is -3.39. The molecule has 0 radical (unpaired) electrons. The van der Waals surface area contributed by atoms with E-state index in [0.29, 0.717) is 24.3 Å². The molecule has 4 rings (SSSR count). The Morgan fingerprint density at radius 2 is 1.72 bits per heavy atom. The van der Waals surface area contributed by atoms with Gasteiger partial charge in [-0.1, -0.05) is 42.5 Å². The molecule has 0 fully saturated rings. The van der Waals surface area contributed by atoms with E-state index in [-0.39, 0.29) is 11.7 Å². The summed E-state index contributed by atoms with van der Waals surface area (Å²) in [6.07, 6.45) is 1.84. The van der Waals surface area contributed by atoms with E-state index in [4.69, 9.17) is 0 Å². The van der Waals surface area contributed by atoms with Crippen LogP contribution in [0.5, 0.6) is 0 Å². The fraction of sp³-hybridized carbons (Fsp3) is 0.167. The number of anilines is 1. The van der Waals surface area contributed by atoms with Crippen molar-refractivity contribution in [1.82, 2.24) is 14.9 Å². The highest BCUT2D eigenvalue weighted by Crippen LogP contribution is 2.15. The zero-order valence-electron chi connectivity index (χ0n) is 17.7. The highest BCUT2D eigenvalue weighted by molar-refractivity contribution is 7.92. The first-order valence-corrected chi connectivity index (χ1v) is 12.0. The predicted molar refractivity (Wildman–Crippen MR) is 126 cm³/mol. The number of sulfonamides is 1. The van der Waals surface area contributed by atoms with Gasteiger partial charge in [0.15, 0.2) is 0 Å². The zero-order chi connectivity index (χ0) is 22.6. The number of fused-ring (bicyclic) bond motifs is 1. The van der Waals surface area contributed by atoms with Crippen molar-refractivity contribution in [2.45, 2.75) is 20.0 Å². The number of nitrogens with one attached hydrogen (secondary N) is 2. The van der Waals surface area contributed by atoms with Gasteiger partial charge in [0.2, 0.25) is 10.0 Å². The molecule has 164 valence electrons. The molecular formula is C24H24N4O3S. The van der Waals surface area contributed by atoms with E-state index >= 15 is 0 Å². The van der Waals surface area contributed by atoms with Gasteiger partial charge in [0.25, 0.3) is 5.91 Å². The standard InChI is InChI=1S/C24H24N4O3S/c1-2-32(30,31)27-21-7-5-6-20(14-21)24(29)25-15-18-10-12-19(13-11-18)16-28-17-26-22-8-3-4-9-23(22)28/h3-14,17,27H,2,15-16H2,1H3,(H,25,29). The van der Waals surface area contributed by atoms with E-state index in [1.807, 2.05) is 48.8 Å². The zero-order valence-corrected chi connectivity index (χ0v) is 18.5. The van der Waals surface area contributed by atoms with Crippen LogP contribution in [0.4, 0.5) is 5.69 Å². The van der Waals surface area contributed by atoms with Crippen LogP contribution in [0.15, 0.2) is 79.1 Å². The van der Waals surface area contributed by atoms with Gasteiger partial charge in [0.1, 0.15) is 0 Å². The van der Waals surface area contributed by atoms with Crippen LogP contribution in [-0.4, -0.2) is 29.6 Å². The number of para-hydroxylation sites is 2. The molecular weight excluding hydrogens is 424 g/mol. The second-order valence-electron chi connectivity index (χ2n) is 7.45. The third kappa shape index (κ3) is 5.15. The summed E-state index contributed by atoms with van der Waals surface area (Å²) in [6.45, 7) is 2.65. The van der Waals surface area contributed by atoms with Gasteiger partial charge in [-0.05, 0) is 48.4 Å². The smallest absolute Gasteiger partial charge is 0.251 e. The fourth-order valence-corrected chi connectivity index (χ4v) is 3.99. The van der Waals surface area contributed by atoms with Crippen molar-refractivity contribution in [3.05, 3.63) is 95.8 Å². The van der Waals surface area contributed by atoms with Gasteiger partial charge < -0.3 is 9.88 Å². The number of hydrogen-bond donors (Lipinski definition) is 2. The number of imidazole rings is 1. The molecule has 1 amide bonds. The largest absolute Gasteiger partial charge is 0.348 e. The lowest BCUT2D eigenvalue weighted by Gasteiger charge is -2.10. The first kappa shape index (κ1) is 21.6. The minimum absolute atomic E-state index is 0.0313. The maximum Gasteiger partial charge on any atom is 0.251 e. The van der Waals surface area contributed by atoms with Crippen molar-refractivity contribution in [3.8, 4) is 0 Å². The highest BCUT2D eigenvalue weighted by atomic mass is 32.2. The first-order chi connectivity index (χ1) is 15.4. The molecule has 0 aliphatic heterocycles. The van der Waals surface area contributed by atoms with E-state index in [9.17, 15) is 13.2 Å². The third-order valence-electron chi connectivity index (χ3n) is 5.13. The van der Waals surface area contributed by atoms with E-state index in [0.717, 1.165) is 22.2 Å². The van der Waals surface area contributed by atoms with Crippen LogP contribution >= 0.6 is 0 Å². The summed E-state index contributed by atoms with van der Waals surface area (Å²) >= 11 is 0. The normalized spacial score (nSPS) is 11.4. The van der Waals surface area contributed by atoms with Crippen molar-refractivity contribution >= 4 is 32.7 Å². The van der Waals surface area contributed by atoms with Crippen LogP contribution in [-0.2, 0) is 23.1 Å². The van der Waals surface area contributed by atoms with Gasteiger partial charge in [-0.2, -0.15) is 0 Å². The number of nitrogens with zero attached hydrogens (tertiary/aromatic N) is 2. The maximum atomic E-state index is 12.5. The van der Waals surface area contributed by atoms with Crippen molar-refractivity contribution in [1.29, 1.82) is 0 Å². The Balaban J connectivity index is 1.36. The third-order valence-corrected chi connectivity index (χ3v) is 6.44. The molecule has 7 nitrogen and oxygen atoms in total. The minimum atomic E-state index is -3.39. The van der Waals surface area contributed by atoms with Gasteiger partial charge in [-0.15, -0.1) is 0 Å². The topological polar surface area (TPSA) is 93.1 Å². The summed E-state index contributed by atoms with van der Waals surface area (Å²) < 4.78 is 28.0. The summed E-state index contributed by atoms with van der Waals surface area (Å²) in [6, 6.07) is 22.5. The molecule has 0 saturated heterocycles. The monoisotopic (exact) mass is 448 g/mol. The Bertz CT molecular complexity index is 1350. The molecule has 1 aromatic heterocycles. The molecule has 0 aliphatic carbocycles. The van der Waals surface area contributed by atoms with Crippen LogP contribution in [0.2, 0.25) is 0 Å². The quantitative estimate of drug-likeness (QED) is 0.429. The Morgan fingerprint density at radius 1 is 0.969 bits per heavy atom. The molecule has 0 unspecified atom stereocenters. The van der Waals surface area contributed by atoms with Crippen LogP contribution in [0.3, 0.4) is 0 Å². The molecule has 1 heterocycles. The molecule has 8 heteroatoms. The fourth-order valence-electron chi connectivity index (χ4n) is 3.36. The molecule has 0 bridgehead atoms. The summed E-state index contributed by atoms with van der Waals surface area (Å²) in [5.74, 6) is -0.298. The first-order valence-electron chi connectivity index (χ1n) is 10.3. The molecule has 3 aromatic carbocycles. The van der Waals surface area contributed by atoms with E-state index in [2.05, 4.69) is 25.7 Å². The number of hydrogen-bond acceptors (Lipinski definition) is 4. The summed E-state index contributed by atoms with van der Waals surface area (Å²) in [5.41, 5.74) is 4.94. The van der Waals surface area contributed by atoms with Gasteiger partial charge >= 0.3 is 0 Å². The second kappa shape index (κ2) is 9.23. The maximum absolute atomic E-state index is 12.5. The molecule has 0 spiro atoms. The SMILES string of the molecule is CCS(=O)(=O)Nc1cccc(C(=O)NCc2ccc(Cn3cnc4ccccc43)cc2)c1. The number of benzene rings is 3. The van der Waals surface area contributed by atoms with Crippen LogP contribution < -0.4 is 10.0 Å².